The van der Waals surface area contributed by atoms with E-state index in [1.54, 1.807) is 20.8 Å². The summed E-state index contributed by atoms with van der Waals surface area (Å²) >= 11 is 0. The van der Waals surface area contributed by atoms with Crippen molar-refractivity contribution in [1.82, 2.24) is 10.6 Å². The lowest BCUT2D eigenvalue weighted by Gasteiger charge is -2.42. The van der Waals surface area contributed by atoms with E-state index in [0.717, 1.165) is 5.56 Å². The molecule has 25 heavy (non-hydrogen) atoms. The zero-order valence-electron chi connectivity index (χ0n) is 15.0. The van der Waals surface area contributed by atoms with Crippen LogP contribution in [-0.2, 0) is 20.8 Å². The van der Waals surface area contributed by atoms with Crippen molar-refractivity contribution in [3.8, 4) is 0 Å². The van der Waals surface area contributed by atoms with E-state index >= 15 is 0 Å². The molecule has 1 fully saturated rings. The lowest BCUT2D eigenvalue weighted by atomic mass is 9.93. The van der Waals surface area contributed by atoms with Crippen LogP contribution in [0.15, 0.2) is 30.3 Å². The fourth-order valence-electron chi connectivity index (χ4n) is 2.33. The smallest absolute Gasteiger partial charge is 0.408 e. The second-order valence-corrected chi connectivity index (χ2v) is 7.14. The first kappa shape index (κ1) is 19.1. The second-order valence-electron chi connectivity index (χ2n) is 7.14. The topological polar surface area (TPSA) is 85.9 Å². The zero-order valence-corrected chi connectivity index (χ0v) is 15.0. The molecule has 1 heterocycles. The van der Waals surface area contributed by atoms with E-state index < -0.39 is 23.3 Å². The molecule has 0 bridgehead atoms. The number of benzene rings is 1. The van der Waals surface area contributed by atoms with E-state index in [2.05, 4.69) is 10.6 Å². The predicted molar refractivity (Wildman–Crippen MR) is 92.2 cm³/mol. The van der Waals surface area contributed by atoms with Crippen LogP contribution in [-0.4, -0.2) is 43.1 Å². The fraction of sp³-hybridized carbons (Fsp3) is 0.556. The summed E-state index contributed by atoms with van der Waals surface area (Å²) in [6.45, 7) is 6.80. The zero-order chi connectivity index (χ0) is 18.3. The summed E-state index contributed by atoms with van der Waals surface area (Å²) < 4.78 is 15.6. The summed E-state index contributed by atoms with van der Waals surface area (Å²) in [7, 11) is 0. The minimum Gasteiger partial charge on any atom is -0.445 e. The van der Waals surface area contributed by atoms with Crippen molar-refractivity contribution in [3.05, 3.63) is 35.9 Å². The maximum Gasteiger partial charge on any atom is 0.408 e. The molecule has 7 heteroatoms. The Hall–Kier alpha value is -2.28. The Bertz CT molecular complexity index is 579. The van der Waals surface area contributed by atoms with Crippen molar-refractivity contribution < 1.29 is 23.8 Å². The third-order valence-electron chi connectivity index (χ3n) is 3.61. The van der Waals surface area contributed by atoms with Crippen LogP contribution < -0.4 is 10.6 Å². The molecule has 0 aromatic heterocycles. The molecule has 0 radical (unpaired) electrons. The quantitative estimate of drug-likeness (QED) is 0.824. The predicted octanol–water partition coefficient (Wildman–Crippen LogP) is 2.60. The van der Waals surface area contributed by atoms with Crippen LogP contribution in [0, 0.1) is 0 Å². The molecule has 1 aliphatic rings. The van der Waals surface area contributed by atoms with Crippen molar-refractivity contribution in [2.45, 2.75) is 44.9 Å². The first-order valence-electron chi connectivity index (χ1n) is 8.32. The minimum atomic E-state index is -0.560. The fourth-order valence-corrected chi connectivity index (χ4v) is 2.33. The molecule has 1 aromatic carbocycles. The number of alkyl carbamates (subject to hydrolysis) is 2. The van der Waals surface area contributed by atoms with Crippen molar-refractivity contribution in [2.24, 2.45) is 0 Å². The summed E-state index contributed by atoms with van der Waals surface area (Å²) in [5, 5.41) is 5.53. The van der Waals surface area contributed by atoms with E-state index in [1.165, 1.54) is 0 Å². The van der Waals surface area contributed by atoms with Crippen LogP contribution in [0.2, 0.25) is 0 Å². The molecule has 138 valence electrons. The first-order chi connectivity index (χ1) is 11.8. The highest BCUT2D eigenvalue weighted by Gasteiger charge is 2.40. The number of hydrogen-bond acceptors (Lipinski definition) is 5. The lowest BCUT2D eigenvalue weighted by Crippen LogP contribution is -2.63. The molecular weight excluding hydrogens is 324 g/mol. The molecule has 0 unspecified atom stereocenters. The van der Waals surface area contributed by atoms with Crippen LogP contribution in [0.3, 0.4) is 0 Å². The molecule has 2 N–H and O–H groups in total. The Morgan fingerprint density at radius 1 is 1.16 bits per heavy atom. The van der Waals surface area contributed by atoms with Crippen LogP contribution >= 0.6 is 0 Å². The summed E-state index contributed by atoms with van der Waals surface area (Å²) in [6, 6.07) is 9.46. The Balaban J connectivity index is 1.69. The number of carbonyl (C=O) groups is 2. The highest BCUT2D eigenvalue weighted by Crippen LogP contribution is 2.21. The molecule has 1 aromatic rings. The van der Waals surface area contributed by atoms with Gasteiger partial charge in [0.05, 0.1) is 18.8 Å². The van der Waals surface area contributed by atoms with Gasteiger partial charge in [-0.15, -0.1) is 0 Å². The SMILES string of the molecule is CC(C)(C)OC(=O)NC1(CCNC(=O)OCc2ccccc2)COC1. The Labute approximate surface area is 148 Å². The van der Waals surface area contributed by atoms with E-state index in [-0.39, 0.29) is 6.61 Å². The highest BCUT2D eigenvalue weighted by atomic mass is 16.6. The summed E-state index contributed by atoms with van der Waals surface area (Å²) in [5.74, 6) is 0. The molecular formula is C18H26N2O5. The largest absolute Gasteiger partial charge is 0.445 e. The van der Waals surface area contributed by atoms with Gasteiger partial charge in [0.25, 0.3) is 0 Å². The van der Waals surface area contributed by atoms with Crippen LogP contribution in [0.25, 0.3) is 0 Å². The van der Waals surface area contributed by atoms with Crippen molar-refractivity contribution in [2.75, 3.05) is 19.8 Å². The number of amides is 2. The van der Waals surface area contributed by atoms with Gasteiger partial charge in [0.2, 0.25) is 0 Å². The Morgan fingerprint density at radius 2 is 1.84 bits per heavy atom. The lowest BCUT2D eigenvalue weighted by molar-refractivity contribution is -0.0789. The number of hydrogen-bond donors (Lipinski definition) is 2. The number of ether oxygens (including phenoxy) is 3. The third-order valence-corrected chi connectivity index (χ3v) is 3.61. The molecule has 7 nitrogen and oxygen atoms in total. The van der Waals surface area contributed by atoms with Gasteiger partial charge >= 0.3 is 12.2 Å². The average molecular weight is 350 g/mol. The molecule has 2 amide bonds. The molecule has 0 atom stereocenters. The van der Waals surface area contributed by atoms with Crippen molar-refractivity contribution in [1.29, 1.82) is 0 Å². The molecule has 0 aliphatic carbocycles. The molecule has 1 saturated heterocycles. The normalized spacial score (nSPS) is 15.6. The standard InChI is InChI=1S/C18H26N2O5/c1-17(2,3)25-16(22)20-18(12-23-13-18)9-10-19-15(21)24-11-14-7-5-4-6-8-14/h4-8H,9-13H2,1-3H3,(H,19,21)(H,20,22). The maximum atomic E-state index is 11.9. The van der Waals surface area contributed by atoms with Gasteiger partial charge in [-0.3, -0.25) is 0 Å². The van der Waals surface area contributed by atoms with Gasteiger partial charge < -0.3 is 24.8 Å². The van der Waals surface area contributed by atoms with Gasteiger partial charge in [0.1, 0.15) is 12.2 Å². The number of carbonyl (C=O) groups excluding carboxylic acids is 2. The molecule has 0 spiro atoms. The number of nitrogens with one attached hydrogen (secondary N) is 2. The average Bonchev–Trinajstić information content (AvgIpc) is 2.49. The summed E-state index contributed by atoms with van der Waals surface area (Å²) in [5.41, 5.74) is -0.141. The van der Waals surface area contributed by atoms with E-state index in [4.69, 9.17) is 14.2 Å². The van der Waals surface area contributed by atoms with Crippen molar-refractivity contribution >= 4 is 12.2 Å². The molecule has 2 rings (SSSR count). The van der Waals surface area contributed by atoms with E-state index in [9.17, 15) is 9.59 Å². The highest BCUT2D eigenvalue weighted by molar-refractivity contribution is 5.69. The molecule has 1 aliphatic heterocycles. The third kappa shape index (κ3) is 6.62. The Morgan fingerprint density at radius 3 is 2.40 bits per heavy atom. The summed E-state index contributed by atoms with van der Waals surface area (Å²) in [4.78, 5) is 23.7. The minimum absolute atomic E-state index is 0.219. The van der Waals surface area contributed by atoms with Crippen LogP contribution in [0.5, 0.6) is 0 Å². The van der Waals surface area contributed by atoms with Crippen LogP contribution in [0.4, 0.5) is 9.59 Å². The van der Waals surface area contributed by atoms with Crippen LogP contribution in [0.1, 0.15) is 32.8 Å². The number of rotatable bonds is 6. The summed E-state index contributed by atoms with van der Waals surface area (Å²) in [6.07, 6.45) is -0.439. The second kappa shape index (κ2) is 8.20. The Kier molecular flexibility index (Phi) is 6.25. The monoisotopic (exact) mass is 350 g/mol. The van der Waals surface area contributed by atoms with E-state index in [0.29, 0.717) is 26.2 Å². The first-order valence-corrected chi connectivity index (χ1v) is 8.32. The van der Waals surface area contributed by atoms with Gasteiger partial charge in [-0.05, 0) is 32.8 Å². The van der Waals surface area contributed by atoms with Gasteiger partial charge in [-0.2, -0.15) is 0 Å². The van der Waals surface area contributed by atoms with Gasteiger partial charge in [0.15, 0.2) is 0 Å². The molecule has 0 saturated carbocycles. The van der Waals surface area contributed by atoms with Gasteiger partial charge in [-0.25, -0.2) is 9.59 Å². The van der Waals surface area contributed by atoms with Crippen molar-refractivity contribution in [3.63, 3.8) is 0 Å². The van der Waals surface area contributed by atoms with E-state index in [1.807, 2.05) is 30.3 Å². The van der Waals surface area contributed by atoms with Gasteiger partial charge in [-0.1, -0.05) is 30.3 Å². The maximum absolute atomic E-state index is 11.9. The van der Waals surface area contributed by atoms with Gasteiger partial charge in [0, 0.05) is 6.54 Å².